The van der Waals surface area contributed by atoms with Crippen molar-refractivity contribution < 1.29 is 14.2 Å². The van der Waals surface area contributed by atoms with Gasteiger partial charge in [-0.2, -0.15) is 0 Å². The first kappa shape index (κ1) is 9.71. The van der Waals surface area contributed by atoms with Gasteiger partial charge in [0.15, 0.2) is 11.5 Å². The van der Waals surface area contributed by atoms with Crippen LogP contribution in [0.5, 0.6) is 17.2 Å². The minimum absolute atomic E-state index is 0.308. The first-order chi connectivity index (χ1) is 6.40. The van der Waals surface area contributed by atoms with Gasteiger partial charge in [0, 0.05) is 6.07 Å². The SMILES string of the molecule is CC.COc1ccc2c(c1)OCO2. The molecule has 0 saturated heterocycles. The van der Waals surface area contributed by atoms with Gasteiger partial charge < -0.3 is 14.2 Å². The van der Waals surface area contributed by atoms with Crippen LogP contribution in [0.25, 0.3) is 0 Å². The summed E-state index contributed by atoms with van der Waals surface area (Å²) in [5.74, 6) is 2.32. The Labute approximate surface area is 78.2 Å². The highest BCUT2D eigenvalue weighted by Gasteiger charge is 2.12. The maximum atomic E-state index is 5.14. The Kier molecular flexibility index (Phi) is 3.43. The normalized spacial score (nSPS) is 11.6. The van der Waals surface area contributed by atoms with Crippen LogP contribution in [0.3, 0.4) is 0 Å². The zero-order valence-electron chi connectivity index (χ0n) is 8.16. The standard InChI is InChI=1S/C8H8O3.C2H6/c1-9-6-2-3-7-8(4-6)11-5-10-7;1-2/h2-4H,5H2,1H3;1-2H3. The Morgan fingerprint density at radius 1 is 1.15 bits per heavy atom. The molecule has 1 aliphatic heterocycles. The third kappa shape index (κ3) is 2.05. The Morgan fingerprint density at radius 3 is 2.54 bits per heavy atom. The maximum Gasteiger partial charge on any atom is 0.231 e. The largest absolute Gasteiger partial charge is 0.497 e. The van der Waals surface area contributed by atoms with Gasteiger partial charge in [-0.3, -0.25) is 0 Å². The van der Waals surface area contributed by atoms with E-state index in [1.807, 2.05) is 32.0 Å². The van der Waals surface area contributed by atoms with E-state index < -0.39 is 0 Å². The fourth-order valence-electron chi connectivity index (χ4n) is 1.00. The summed E-state index contributed by atoms with van der Waals surface area (Å²) < 4.78 is 15.3. The Balaban J connectivity index is 0.000000396. The Bertz CT molecular complexity index is 271. The van der Waals surface area contributed by atoms with Crippen molar-refractivity contribution in [2.24, 2.45) is 0 Å². The van der Waals surface area contributed by atoms with E-state index in [9.17, 15) is 0 Å². The van der Waals surface area contributed by atoms with Crippen molar-refractivity contribution in [3.8, 4) is 17.2 Å². The zero-order chi connectivity index (χ0) is 9.68. The van der Waals surface area contributed by atoms with E-state index in [0.717, 1.165) is 17.2 Å². The van der Waals surface area contributed by atoms with Crippen LogP contribution in [0.2, 0.25) is 0 Å². The first-order valence-electron chi connectivity index (χ1n) is 4.34. The molecular weight excluding hydrogens is 168 g/mol. The highest BCUT2D eigenvalue weighted by atomic mass is 16.7. The molecule has 1 heterocycles. The predicted molar refractivity (Wildman–Crippen MR) is 50.5 cm³/mol. The third-order valence-corrected chi connectivity index (χ3v) is 1.58. The van der Waals surface area contributed by atoms with E-state index in [1.165, 1.54) is 0 Å². The van der Waals surface area contributed by atoms with Gasteiger partial charge >= 0.3 is 0 Å². The molecule has 1 aromatic rings. The van der Waals surface area contributed by atoms with Crippen molar-refractivity contribution in [1.29, 1.82) is 0 Å². The zero-order valence-corrected chi connectivity index (χ0v) is 8.16. The minimum atomic E-state index is 0.308. The van der Waals surface area contributed by atoms with Crippen molar-refractivity contribution in [2.45, 2.75) is 13.8 Å². The van der Waals surface area contributed by atoms with Gasteiger partial charge in [-0.05, 0) is 12.1 Å². The van der Waals surface area contributed by atoms with Gasteiger partial charge in [0.2, 0.25) is 6.79 Å². The molecule has 0 amide bonds. The van der Waals surface area contributed by atoms with Crippen LogP contribution in [-0.2, 0) is 0 Å². The average molecular weight is 182 g/mol. The van der Waals surface area contributed by atoms with Crippen LogP contribution >= 0.6 is 0 Å². The second kappa shape index (κ2) is 4.60. The molecular formula is C10H14O3. The monoisotopic (exact) mass is 182 g/mol. The minimum Gasteiger partial charge on any atom is -0.497 e. The highest BCUT2D eigenvalue weighted by molar-refractivity contribution is 5.46. The molecule has 13 heavy (non-hydrogen) atoms. The second-order valence-electron chi connectivity index (χ2n) is 2.22. The van der Waals surface area contributed by atoms with Crippen molar-refractivity contribution in [2.75, 3.05) is 13.9 Å². The van der Waals surface area contributed by atoms with Gasteiger partial charge in [-0.25, -0.2) is 0 Å². The number of hydrogen-bond acceptors (Lipinski definition) is 3. The number of hydrogen-bond donors (Lipinski definition) is 0. The number of fused-ring (bicyclic) bond motifs is 1. The van der Waals surface area contributed by atoms with Crippen LogP contribution in [0.4, 0.5) is 0 Å². The summed E-state index contributed by atoms with van der Waals surface area (Å²) in [7, 11) is 1.62. The molecule has 72 valence electrons. The van der Waals surface area contributed by atoms with Gasteiger partial charge in [0.1, 0.15) is 5.75 Å². The van der Waals surface area contributed by atoms with E-state index in [2.05, 4.69) is 0 Å². The summed E-state index contributed by atoms with van der Waals surface area (Å²) in [6.45, 7) is 4.31. The van der Waals surface area contributed by atoms with Crippen LogP contribution < -0.4 is 14.2 Å². The van der Waals surface area contributed by atoms with E-state index in [0.29, 0.717) is 6.79 Å². The number of benzene rings is 1. The summed E-state index contributed by atoms with van der Waals surface area (Å²) in [6.07, 6.45) is 0. The molecule has 0 fully saturated rings. The first-order valence-corrected chi connectivity index (χ1v) is 4.34. The third-order valence-electron chi connectivity index (χ3n) is 1.58. The van der Waals surface area contributed by atoms with E-state index >= 15 is 0 Å². The van der Waals surface area contributed by atoms with E-state index in [1.54, 1.807) is 7.11 Å². The number of ether oxygens (including phenoxy) is 3. The second-order valence-corrected chi connectivity index (χ2v) is 2.22. The summed E-state index contributed by atoms with van der Waals surface area (Å²) in [5, 5.41) is 0. The smallest absolute Gasteiger partial charge is 0.231 e. The Hall–Kier alpha value is -1.38. The van der Waals surface area contributed by atoms with Gasteiger partial charge in [0.05, 0.1) is 7.11 Å². The van der Waals surface area contributed by atoms with Crippen LogP contribution in [0.15, 0.2) is 18.2 Å². The van der Waals surface area contributed by atoms with E-state index in [-0.39, 0.29) is 0 Å². The fraction of sp³-hybridized carbons (Fsp3) is 0.400. The van der Waals surface area contributed by atoms with Crippen molar-refractivity contribution >= 4 is 0 Å². The molecule has 0 unspecified atom stereocenters. The summed E-state index contributed by atoms with van der Waals surface area (Å²) in [5.41, 5.74) is 0. The van der Waals surface area contributed by atoms with Gasteiger partial charge in [-0.15, -0.1) is 0 Å². The average Bonchev–Trinajstić information content (AvgIpc) is 2.67. The maximum absolute atomic E-state index is 5.14. The van der Waals surface area contributed by atoms with Crippen LogP contribution in [-0.4, -0.2) is 13.9 Å². The van der Waals surface area contributed by atoms with Crippen molar-refractivity contribution in [1.82, 2.24) is 0 Å². The molecule has 3 heteroatoms. The van der Waals surface area contributed by atoms with Crippen LogP contribution in [0.1, 0.15) is 13.8 Å². The van der Waals surface area contributed by atoms with Crippen LogP contribution in [0, 0.1) is 0 Å². The molecule has 3 nitrogen and oxygen atoms in total. The molecule has 0 radical (unpaired) electrons. The molecule has 0 bridgehead atoms. The van der Waals surface area contributed by atoms with E-state index in [4.69, 9.17) is 14.2 Å². The molecule has 1 aromatic carbocycles. The molecule has 0 aromatic heterocycles. The lowest BCUT2D eigenvalue weighted by molar-refractivity contribution is 0.174. The van der Waals surface area contributed by atoms with Crippen molar-refractivity contribution in [3.63, 3.8) is 0 Å². The van der Waals surface area contributed by atoms with Gasteiger partial charge in [0.25, 0.3) is 0 Å². The molecule has 0 saturated carbocycles. The summed E-state index contributed by atoms with van der Waals surface area (Å²) in [4.78, 5) is 0. The lowest BCUT2D eigenvalue weighted by Crippen LogP contribution is -1.92. The topological polar surface area (TPSA) is 27.7 Å². The lowest BCUT2D eigenvalue weighted by atomic mass is 10.3. The molecule has 0 aliphatic carbocycles. The fourth-order valence-corrected chi connectivity index (χ4v) is 1.00. The number of methoxy groups -OCH3 is 1. The molecule has 0 atom stereocenters. The lowest BCUT2D eigenvalue weighted by Gasteiger charge is -1.99. The molecule has 0 spiro atoms. The molecule has 2 rings (SSSR count). The quantitative estimate of drug-likeness (QED) is 0.667. The highest BCUT2D eigenvalue weighted by Crippen LogP contribution is 2.34. The summed E-state index contributed by atoms with van der Waals surface area (Å²) >= 11 is 0. The van der Waals surface area contributed by atoms with Crippen molar-refractivity contribution in [3.05, 3.63) is 18.2 Å². The van der Waals surface area contributed by atoms with Gasteiger partial charge in [-0.1, -0.05) is 13.8 Å². The number of rotatable bonds is 1. The molecule has 1 aliphatic rings. The predicted octanol–water partition coefficient (Wildman–Crippen LogP) is 2.45. The molecule has 0 N–H and O–H groups in total. The Morgan fingerprint density at radius 2 is 1.85 bits per heavy atom. The summed E-state index contributed by atoms with van der Waals surface area (Å²) in [6, 6.07) is 5.48.